The van der Waals surface area contributed by atoms with Gasteiger partial charge in [-0.3, -0.25) is 0 Å². The van der Waals surface area contributed by atoms with Gasteiger partial charge in [0, 0.05) is 15.6 Å². The van der Waals surface area contributed by atoms with E-state index in [0.29, 0.717) is 5.22 Å². The van der Waals surface area contributed by atoms with Gasteiger partial charge in [0.1, 0.15) is 5.69 Å². The quantitative estimate of drug-likeness (QED) is 0.664. The van der Waals surface area contributed by atoms with Crippen LogP contribution in [0, 0.1) is 0 Å². The maximum Gasteiger partial charge on any atom is 0.253 e. The average Bonchev–Trinajstić information content (AvgIpc) is 2.82. The van der Waals surface area contributed by atoms with Gasteiger partial charge in [-0.2, -0.15) is 0 Å². The molecule has 0 spiro atoms. The lowest BCUT2D eigenvalue weighted by atomic mass is 10.1. The molecule has 1 heterocycles. The third-order valence-electron chi connectivity index (χ3n) is 2.75. The Morgan fingerprint density at radius 1 is 0.947 bits per heavy atom. The topological polar surface area (TPSA) is 26.0 Å². The number of rotatable bonds is 2. The molecule has 0 N–H and O–H groups in total. The van der Waals surface area contributed by atoms with Crippen LogP contribution in [-0.2, 0) is 0 Å². The molecule has 19 heavy (non-hydrogen) atoms. The van der Waals surface area contributed by atoms with Crippen molar-refractivity contribution in [1.82, 2.24) is 4.98 Å². The van der Waals surface area contributed by atoms with E-state index in [1.165, 1.54) is 0 Å². The fraction of sp³-hybridized carbons (Fsp3) is 0. The maximum atomic E-state index is 5.63. The van der Waals surface area contributed by atoms with Crippen molar-refractivity contribution in [2.24, 2.45) is 0 Å². The molecular weight excluding hydrogens is 322 g/mol. The molecule has 2 nitrogen and oxygen atoms in total. The molecule has 0 fully saturated rings. The van der Waals surface area contributed by atoms with E-state index in [1.807, 2.05) is 54.6 Å². The molecule has 0 aliphatic heterocycles. The fourth-order valence-corrected chi connectivity index (χ4v) is 2.52. The normalized spacial score (nSPS) is 10.6. The molecule has 2 aromatic carbocycles. The fourth-order valence-electron chi connectivity index (χ4n) is 1.93. The first-order valence-electron chi connectivity index (χ1n) is 5.75. The first kappa shape index (κ1) is 12.5. The van der Waals surface area contributed by atoms with Gasteiger partial charge in [0.15, 0.2) is 5.76 Å². The van der Waals surface area contributed by atoms with Crippen LogP contribution in [0.4, 0.5) is 0 Å². The molecule has 1 aromatic heterocycles. The molecule has 0 aliphatic rings. The minimum atomic E-state index is 0.369. The zero-order chi connectivity index (χ0) is 13.2. The highest BCUT2D eigenvalue weighted by Gasteiger charge is 2.15. The van der Waals surface area contributed by atoms with Crippen molar-refractivity contribution in [1.29, 1.82) is 0 Å². The van der Waals surface area contributed by atoms with Crippen molar-refractivity contribution in [3.63, 3.8) is 0 Å². The number of halogens is 1. The lowest BCUT2D eigenvalue weighted by Gasteiger charge is -2.01. The van der Waals surface area contributed by atoms with Gasteiger partial charge < -0.3 is 4.42 Å². The highest BCUT2D eigenvalue weighted by Crippen LogP contribution is 2.34. The van der Waals surface area contributed by atoms with Gasteiger partial charge in [0.25, 0.3) is 5.22 Å². The first-order valence-corrected chi connectivity index (χ1v) is 6.99. The Bertz CT molecular complexity index is 709. The second-order valence-electron chi connectivity index (χ2n) is 4.05. The van der Waals surface area contributed by atoms with Gasteiger partial charge in [-0.1, -0.05) is 71.0 Å². The number of aromatic nitrogens is 1. The molecule has 0 unspecified atom stereocenters. The summed E-state index contributed by atoms with van der Waals surface area (Å²) >= 11 is 7.68. The first-order chi connectivity index (χ1) is 9.24. The van der Waals surface area contributed by atoms with E-state index >= 15 is 0 Å². The lowest BCUT2D eigenvalue weighted by molar-refractivity contribution is 0.468. The minimum Gasteiger partial charge on any atom is -0.431 e. The second-order valence-corrected chi connectivity index (χ2v) is 5.35. The van der Waals surface area contributed by atoms with Crippen LogP contribution in [0.15, 0.2) is 68.7 Å². The summed E-state index contributed by atoms with van der Waals surface area (Å²) in [5, 5.41) is 0.369. The smallest absolute Gasteiger partial charge is 0.253 e. The third-order valence-corrected chi connectivity index (χ3v) is 3.43. The lowest BCUT2D eigenvalue weighted by Crippen LogP contribution is -1.82. The Hall–Kier alpha value is -1.52. The van der Waals surface area contributed by atoms with Crippen LogP contribution >= 0.6 is 28.6 Å². The Morgan fingerprint density at radius 3 is 2.42 bits per heavy atom. The summed E-state index contributed by atoms with van der Waals surface area (Å²) in [6, 6.07) is 17.9. The van der Waals surface area contributed by atoms with Crippen molar-refractivity contribution in [3.05, 3.63) is 59.1 Å². The molecule has 0 saturated carbocycles. The zero-order valence-corrected chi connectivity index (χ0v) is 12.4. The van der Waals surface area contributed by atoms with E-state index in [1.54, 1.807) is 0 Å². The van der Waals surface area contributed by atoms with Crippen LogP contribution in [0.3, 0.4) is 0 Å². The molecule has 0 saturated heterocycles. The van der Waals surface area contributed by atoms with Crippen molar-refractivity contribution in [3.8, 4) is 22.6 Å². The number of hydrogen-bond donors (Lipinski definition) is 1. The predicted molar refractivity (Wildman–Crippen MR) is 82.3 cm³/mol. The van der Waals surface area contributed by atoms with Crippen LogP contribution in [-0.4, -0.2) is 4.98 Å². The monoisotopic (exact) mass is 331 g/mol. The molecule has 0 atom stereocenters. The van der Waals surface area contributed by atoms with Crippen LogP contribution in [0.1, 0.15) is 0 Å². The number of hydrogen-bond acceptors (Lipinski definition) is 3. The van der Waals surface area contributed by atoms with E-state index < -0.39 is 0 Å². The summed E-state index contributed by atoms with van der Waals surface area (Å²) in [6.45, 7) is 0. The number of benzene rings is 2. The molecule has 0 radical (unpaired) electrons. The van der Waals surface area contributed by atoms with E-state index in [4.69, 9.17) is 4.42 Å². The Kier molecular flexibility index (Phi) is 3.44. The van der Waals surface area contributed by atoms with Gasteiger partial charge >= 0.3 is 0 Å². The van der Waals surface area contributed by atoms with Crippen LogP contribution in [0.2, 0.25) is 0 Å². The number of nitrogens with zero attached hydrogens (tertiary/aromatic N) is 1. The molecular formula is C15H10BrNOS. The number of thiol groups is 1. The van der Waals surface area contributed by atoms with Gasteiger partial charge in [0.05, 0.1) is 0 Å². The Labute approximate surface area is 125 Å². The SMILES string of the molecule is Sc1nc(-c2cccc(Br)c2)c(-c2ccccc2)o1. The summed E-state index contributed by atoms with van der Waals surface area (Å²) < 4.78 is 6.64. The van der Waals surface area contributed by atoms with Gasteiger partial charge in [-0.25, -0.2) is 4.98 Å². The molecule has 3 rings (SSSR count). The zero-order valence-electron chi connectivity index (χ0n) is 9.88. The second kappa shape index (κ2) is 5.23. The van der Waals surface area contributed by atoms with Gasteiger partial charge in [-0.05, 0) is 12.1 Å². The summed E-state index contributed by atoms with van der Waals surface area (Å²) in [6.07, 6.45) is 0. The van der Waals surface area contributed by atoms with Gasteiger partial charge in [0.2, 0.25) is 0 Å². The third kappa shape index (κ3) is 2.60. The Balaban J connectivity index is 2.18. The highest BCUT2D eigenvalue weighted by molar-refractivity contribution is 9.10. The number of oxazole rings is 1. The Morgan fingerprint density at radius 2 is 1.68 bits per heavy atom. The van der Waals surface area contributed by atoms with E-state index in [-0.39, 0.29) is 0 Å². The van der Waals surface area contributed by atoms with Crippen molar-refractivity contribution in [2.75, 3.05) is 0 Å². The highest BCUT2D eigenvalue weighted by atomic mass is 79.9. The van der Waals surface area contributed by atoms with Crippen molar-refractivity contribution >= 4 is 28.6 Å². The predicted octanol–water partition coefficient (Wildman–Crippen LogP) is 5.06. The summed E-state index contributed by atoms with van der Waals surface area (Å²) in [5.74, 6) is 0.740. The summed E-state index contributed by atoms with van der Waals surface area (Å²) in [5.41, 5.74) is 2.79. The van der Waals surface area contributed by atoms with Crippen molar-refractivity contribution in [2.45, 2.75) is 5.22 Å². The average molecular weight is 332 g/mol. The minimum absolute atomic E-state index is 0.369. The molecule has 0 amide bonds. The summed E-state index contributed by atoms with van der Waals surface area (Å²) in [7, 11) is 0. The molecule has 0 aliphatic carbocycles. The van der Waals surface area contributed by atoms with E-state index in [0.717, 1.165) is 27.1 Å². The molecule has 3 aromatic rings. The molecule has 0 bridgehead atoms. The molecule has 4 heteroatoms. The van der Waals surface area contributed by atoms with Gasteiger partial charge in [-0.15, -0.1) is 0 Å². The maximum absolute atomic E-state index is 5.63. The van der Waals surface area contributed by atoms with Crippen molar-refractivity contribution < 1.29 is 4.42 Å². The van der Waals surface area contributed by atoms with Crippen LogP contribution in [0.25, 0.3) is 22.6 Å². The summed E-state index contributed by atoms with van der Waals surface area (Å²) in [4.78, 5) is 4.38. The molecule has 94 valence electrons. The van der Waals surface area contributed by atoms with E-state index in [9.17, 15) is 0 Å². The standard InChI is InChI=1S/C15H10BrNOS/c16-12-8-4-7-11(9-12)13-14(18-15(19)17-13)10-5-2-1-3-6-10/h1-9H,(H,17,19). The largest absolute Gasteiger partial charge is 0.431 e. The van der Waals surface area contributed by atoms with E-state index in [2.05, 4.69) is 33.5 Å². The van der Waals surface area contributed by atoms with Crippen LogP contribution in [0.5, 0.6) is 0 Å². The van der Waals surface area contributed by atoms with Crippen LogP contribution < -0.4 is 0 Å².